The van der Waals surface area contributed by atoms with E-state index in [1.165, 1.54) is 6.07 Å². The molecule has 0 aliphatic heterocycles. The molecule has 4 aromatic rings. The molecule has 0 bridgehead atoms. The Balaban J connectivity index is 1.59. The lowest BCUT2D eigenvalue weighted by Crippen LogP contribution is -2.15. The number of ether oxygens (including phenoxy) is 1. The number of esters is 1. The van der Waals surface area contributed by atoms with E-state index in [0.29, 0.717) is 27.6 Å². The van der Waals surface area contributed by atoms with E-state index in [1.807, 2.05) is 26.0 Å². The summed E-state index contributed by atoms with van der Waals surface area (Å²) in [6.45, 7) is 3.75. The van der Waals surface area contributed by atoms with Gasteiger partial charge in [0.25, 0.3) is 5.56 Å². The number of nitrogens with one attached hydrogen (secondary N) is 1. The van der Waals surface area contributed by atoms with Gasteiger partial charge in [-0.1, -0.05) is 30.3 Å². The van der Waals surface area contributed by atoms with Crippen molar-refractivity contribution in [3.8, 4) is 0 Å². The largest absolute Gasteiger partial charge is 0.460 e. The van der Waals surface area contributed by atoms with Crippen LogP contribution < -0.4 is 11.2 Å². The Morgan fingerprint density at radius 1 is 1.07 bits per heavy atom. The average Bonchev–Trinajstić information content (AvgIpc) is 2.71. The SMILES string of the molecule is Cc1ccc2c(COC(=O)Cc3n[nH]c(=O)c4ccccc34)cc(=O)oc2c1C. The zero-order valence-corrected chi connectivity index (χ0v) is 15.9. The van der Waals surface area contributed by atoms with Gasteiger partial charge in [0, 0.05) is 22.4 Å². The van der Waals surface area contributed by atoms with E-state index in [1.54, 1.807) is 24.3 Å². The van der Waals surface area contributed by atoms with Crippen LogP contribution in [0.2, 0.25) is 0 Å². The highest BCUT2D eigenvalue weighted by molar-refractivity contribution is 5.87. The predicted octanol–water partition coefficient (Wildman–Crippen LogP) is 2.93. The maximum atomic E-state index is 12.4. The molecule has 0 amide bonds. The van der Waals surface area contributed by atoms with E-state index in [2.05, 4.69) is 10.2 Å². The van der Waals surface area contributed by atoms with Gasteiger partial charge >= 0.3 is 11.6 Å². The molecule has 0 fully saturated rings. The molecule has 0 saturated heterocycles. The fourth-order valence-electron chi connectivity index (χ4n) is 3.30. The van der Waals surface area contributed by atoms with Crippen LogP contribution in [0.1, 0.15) is 22.4 Å². The second-order valence-corrected chi connectivity index (χ2v) is 6.86. The molecule has 4 rings (SSSR count). The van der Waals surface area contributed by atoms with Gasteiger partial charge in [0.05, 0.1) is 17.5 Å². The number of hydrogen-bond acceptors (Lipinski definition) is 6. The number of benzene rings is 2. The van der Waals surface area contributed by atoms with E-state index >= 15 is 0 Å². The van der Waals surface area contributed by atoms with Crippen molar-refractivity contribution in [3.63, 3.8) is 0 Å². The van der Waals surface area contributed by atoms with E-state index in [-0.39, 0.29) is 18.6 Å². The first-order valence-electron chi connectivity index (χ1n) is 9.09. The first kappa shape index (κ1) is 18.6. The molecule has 2 aromatic carbocycles. The summed E-state index contributed by atoms with van der Waals surface area (Å²) >= 11 is 0. The third-order valence-corrected chi connectivity index (χ3v) is 4.99. The summed E-state index contributed by atoms with van der Waals surface area (Å²) in [7, 11) is 0. The highest BCUT2D eigenvalue weighted by atomic mass is 16.5. The number of aromatic amines is 1. The van der Waals surface area contributed by atoms with Crippen molar-refractivity contribution in [2.24, 2.45) is 0 Å². The lowest BCUT2D eigenvalue weighted by atomic mass is 10.0. The highest BCUT2D eigenvalue weighted by Gasteiger charge is 2.14. The molecule has 0 radical (unpaired) electrons. The maximum absolute atomic E-state index is 12.4. The van der Waals surface area contributed by atoms with Crippen LogP contribution >= 0.6 is 0 Å². The molecule has 2 heterocycles. The number of rotatable bonds is 4. The van der Waals surface area contributed by atoms with Crippen molar-refractivity contribution in [3.05, 3.63) is 85.6 Å². The third-order valence-electron chi connectivity index (χ3n) is 4.99. The van der Waals surface area contributed by atoms with Gasteiger partial charge in [-0.15, -0.1) is 0 Å². The lowest BCUT2D eigenvalue weighted by molar-refractivity contribution is -0.144. The van der Waals surface area contributed by atoms with Crippen molar-refractivity contribution in [1.29, 1.82) is 0 Å². The zero-order chi connectivity index (χ0) is 20.5. The second-order valence-electron chi connectivity index (χ2n) is 6.86. The van der Waals surface area contributed by atoms with Gasteiger partial charge in [0.1, 0.15) is 12.2 Å². The molecule has 0 aliphatic carbocycles. The normalized spacial score (nSPS) is 11.1. The first-order valence-corrected chi connectivity index (χ1v) is 9.09. The van der Waals surface area contributed by atoms with Crippen molar-refractivity contribution >= 4 is 27.7 Å². The number of nitrogens with zero attached hydrogens (tertiary/aromatic N) is 1. The number of fused-ring (bicyclic) bond motifs is 2. The summed E-state index contributed by atoms with van der Waals surface area (Å²) in [5.41, 5.74) is 2.57. The average molecular weight is 390 g/mol. The molecule has 0 atom stereocenters. The monoisotopic (exact) mass is 390 g/mol. The van der Waals surface area contributed by atoms with Crippen LogP contribution in [0.3, 0.4) is 0 Å². The molecule has 1 N–H and O–H groups in total. The molecule has 7 nitrogen and oxygen atoms in total. The van der Waals surface area contributed by atoms with E-state index < -0.39 is 11.6 Å². The summed E-state index contributed by atoms with van der Waals surface area (Å²) in [6, 6.07) is 12.0. The summed E-state index contributed by atoms with van der Waals surface area (Å²) in [6.07, 6.45) is -0.102. The minimum absolute atomic E-state index is 0.0648. The van der Waals surface area contributed by atoms with Gasteiger partial charge in [-0.3, -0.25) is 9.59 Å². The Kier molecular flexibility index (Phi) is 4.72. The highest BCUT2D eigenvalue weighted by Crippen LogP contribution is 2.24. The minimum atomic E-state index is -0.514. The Hall–Kier alpha value is -3.74. The Morgan fingerprint density at radius 2 is 1.83 bits per heavy atom. The molecule has 0 spiro atoms. The van der Waals surface area contributed by atoms with Crippen molar-refractivity contribution in [2.45, 2.75) is 26.9 Å². The van der Waals surface area contributed by atoms with Gasteiger partial charge in [-0.25, -0.2) is 9.89 Å². The predicted molar refractivity (Wildman–Crippen MR) is 108 cm³/mol. The summed E-state index contributed by atoms with van der Waals surface area (Å²) in [4.78, 5) is 36.2. The van der Waals surface area contributed by atoms with E-state index in [4.69, 9.17) is 9.15 Å². The van der Waals surface area contributed by atoms with Crippen LogP contribution in [0, 0.1) is 13.8 Å². The topological polar surface area (TPSA) is 102 Å². The molecular weight excluding hydrogens is 372 g/mol. The minimum Gasteiger partial charge on any atom is -0.460 e. The number of H-pyrrole nitrogens is 1. The van der Waals surface area contributed by atoms with Crippen LogP contribution in [0.5, 0.6) is 0 Å². The maximum Gasteiger partial charge on any atom is 0.336 e. The van der Waals surface area contributed by atoms with Gasteiger partial charge < -0.3 is 9.15 Å². The first-order chi connectivity index (χ1) is 13.9. The van der Waals surface area contributed by atoms with Crippen LogP contribution in [-0.2, 0) is 22.6 Å². The van der Waals surface area contributed by atoms with Gasteiger partial charge in [-0.2, -0.15) is 5.10 Å². The van der Waals surface area contributed by atoms with Gasteiger partial charge in [0.15, 0.2) is 0 Å². The molecule has 29 heavy (non-hydrogen) atoms. The number of aryl methyl sites for hydroxylation is 2. The van der Waals surface area contributed by atoms with Crippen LogP contribution in [0.15, 0.2) is 56.5 Å². The van der Waals surface area contributed by atoms with E-state index in [9.17, 15) is 14.4 Å². The Bertz CT molecular complexity index is 1370. The van der Waals surface area contributed by atoms with Gasteiger partial charge in [-0.05, 0) is 31.0 Å². The summed E-state index contributed by atoms with van der Waals surface area (Å²) in [5, 5.41) is 8.17. The molecule has 0 unspecified atom stereocenters. The number of aromatic nitrogens is 2. The van der Waals surface area contributed by atoms with E-state index in [0.717, 1.165) is 16.5 Å². The molecule has 2 aromatic heterocycles. The summed E-state index contributed by atoms with van der Waals surface area (Å²) in [5.74, 6) is -0.514. The van der Waals surface area contributed by atoms with Crippen molar-refractivity contribution in [1.82, 2.24) is 10.2 Å². The molecule has 0 aliphatic rings. The lowest BCUT2D eigenvalue weighted by Gasteiger charge is -2.10. The summed E-state index contributed by atoms with van der Waals surface area (Å²) < 4.78 is 10.7. The second kappa shape index (κ2) is 7.35. The standard InChI is InChI=1S/C22H18N2O5/c1-12-7-8-15-14(9-20(26)29-21(15)13(12)2)11-28-19(25)10-18-16-5-3-4-6-17(16)22(27)24-23-18/h3-9H,10-11H2,1-2H3,(H,24,27). The van der Waals surface area contributed by atoms with Crippen LogP contribution in [0.25, 0.3) is 21.7 Å². The smallest absolute Gasteiger partial charge is 0.336 e. The quantitative estimate of drug-likeness (QED) is 0.425. The molecule has 7 heteroatoms. The molecule has 0 saturated carbocycles. The number of carbonyl (C=O) groups is 1. The Morgan fingerprint density at radius 3 is 2.62 bits per heavy atom. The van der Waals surface area contributed by atoms with Crippen LogP contribution in [0.4, 0.5) is 0 Å². The zero-order valence-electron chi connectivity index (χ0n) is 15.9. The fraction of sp³-hybridized carbons (Fsp3) is 0.182. The molecule has 146 valence electrons. The third kappa shape index (κ3) is 3.54. The van der Waals surface area contributed by atoms with Crippen LogP contribution in [-0.4, -0.2) is 16.2 Å². The van der Waals surface area contributed by atoms with Crippen molar-refractivity contribution < 1.29 is 13.9 Å². The Labute approximate surface area is 164 Å². The van der Waals surface area contributed by atoms with Gasteiger partial charge in [0.2, 0.25) is 0 Å². The molecular formula is C22H18N2O5. The van der Waals surface area contributed by atoms with Crippen molar-refractivity contribution in [2.75, 3.05) is 0 Å². The number of hydrogen-bond donors (Lipinski definition) is 1. The number of carbonyl (C=O) groups excluding carboxylic acids is 1. The fourth-order valence-corrected chi connectivity index (χ4v) is 3.30.